The predicted octanol–water partition coefficient (Wildman–Crippen LogP) is 5.97. The van der Waals surface area contributed by atoms with Crippen LogP contribution in [0.25, 0.3) is 16.7 Å². The van der Waals surface area contributed by atoms with Crippen LogP contribution in [0.4, 0.5) is 22.0 Å². The van der Waals surface area contributed by atoms with E-state index in [0.29, 0.717) is 29.0 Å². The molecule has 0 saturated heterocycles. The standard InChI is InChI=1S/C18H15BrF5N3O/c1-3-4-5-28-17-15(20)10(18(22,23)24)6-12(16(17)21)27-9(2)26-11-7-14(19)25-8-13(11)27/h6-8H,3-5H2,1-2H3. The van der Waals surface area contributed by atoms with E-state index in [4.69, 9.17) is 4.74 Å². The summed E-state index contributed by atoms with van der Waals surface area (Å²) in [4.78, 5) is 8.24. The Hall–Kier alpha value is -2.23. The van der Waals surface area contributed by atoms with Gasteiger partial charge in [0, 0.05) is 0 Å². The Morgan fingerprint density at radius 2 is 1.89 bits per heavy atom. The second-order valence-electron chi connectivity index (χ2n) is 6.09. The number of aryl methyl sites for hydroxylation is 1. The zero-order chi connectivity index (χ0) is 20.6. The maximum Gasteiger partial charge on any atom is 0.419 e. The highest BCUT2D eigenvalue weighted by atomic mass is 79.9. The Labute approximate surface area is 165 Å². The van der Waals surface area contributed by atoms with Gasteiger partial charge in [-0.05, 0) is 41.4 Å². The number of ether oxygens (including phenoxy) is 1. The van der Waals surface area contributed by atoms with Crippen molar-refractivity contribution in [2.45, 2.75) is 32.9 Å². The molecule has 0 aliphatic rings. The summed E-state index contributed by atoms with van der Waals surface area (Å²) in [7, 11) is 0. The van der Waals surface area contributed by atoms with Gasteiger partial charge in [-0.3, -0.25) is 4.57 Å². The first-order valence-electron chi connectivity index (χ1n) is 8.38. The molecular weight excluding hydrogens is 449 g/mol. The van der Waals surface area contributed by atoms with Crippen molar-refractivity contribution >= 4 is 27.0 Å². The van der Waals surface area contributed by atoms with Gasteiger partial charge in [-0.25, -0.2) is 18.7 Å². The molecule has 10 heteroatoms. The van der Waals surface area contributed by atoms with Crippen LogP contribution in [0.15, 0.2) is 22.9 Å². The van der Waals surface area contributed by atoms with Gasteiger partial charge in [0.05, 0.1) is 35.1 Å². The Bertz CT molecular complexity index is 1030. The molecule has 4 nitrogen and oxygen atoms in total. The number of aromatic nitrogens is 3. The van der Waals surface area contributed by atoms with Crippen molar-refractivity contribution in [3.8, 4) is 11.4 Å². The SMILES string of the molecule is CCCCOc1c(F)c(-n2c(C)nc3cc(Br)ncc32)cc(C(F)(F)F)c1F. The quantitative estimate of drug-likeness (QED) is 0.266. The summed E-state index contributed by atoms with van der Waals surface area (Å²) in [6, 6.07) is 1.97. The summed E-state index contributed by atoms with van der Waals surface area (Å²) < 4.78 is 76.3. The van der Waals surface area contributed by atoms with Gasteiger partial charge in [-0.15, -0.1) is 0 Å². The molecule has 150 valence electrons. The van der Waals surface area contributed by atoms with Gasteiger partial charge < -0.3 is 4.74 Å². The van der Waals surface area contributed by atoms with E-state index in [1.165, 1.54) is 13.1 Å². The zero-order valence-corrected chi connectivity index (χ0v) is 16.5. The van der Waals surface area contributed by atoms with E-state index in [1.54, 1.807) is 6.07 Å². The first kappa shape index (κ1) is 20.5. The van der Waals surface area contributed by atoms with Crippen molar-refractivity contribution in [2.75, 3.05) is 6.61 Å². The van der Waals surface area contributed by atoms with Crippen LogP contribution in [0.3, 0.4) is 0 Å². The average Bonchev–Trinajstić information content (AvgIpc) is 2.92. The van der Waals surface area contributed by atoms with Crippen molar-refractivity contribution in [3.63, 3.8) is 0 Å². The molecule has 2 heterocycles. The minimum absolute atomic E-state index is 0.108. The minimum Gasteiger partial charge on any atom is -0.488 e. The smallest absolute Gasteiger partial charge is 0.419 e. The highest BCUT2D eigenvalue weighted by Gasteiger charge is 2.38. The molecule has 0 radical (unpaired) electrons. The van der Waals surface area contributed by atoms with E-state index >= 15 is 4.39 Å². The van der Waals surface area contributed by atoms with Crippen LogP contribution in [0.5, 0.6) is 5.75 Å². The number of pyridine rings is 1. The summed E-state index contributed by atoms with van der Waals surface area (Å²) in [5.41, 5.74) is -1.45. The van der Waals surface area contributed by atoms with Crippen molar-refractivity contribution in [1.29, 1.82) is 0 Å². The van der Waals surface area contributed by atoms with Gasteiger partial charge >= 0.3 is 6.18 Å². The fourth-order valence-electron chi connectivity index (χ4n) is 2.79. The number of hydrogen-bond donors (Lipinski definition) is 0. The molecule has 3 aromatic rings. The highest BCUT2D eigenvalue weighted by Crippen LogP contribution is 2.40. The topological polar surface area (TPSA) is 39.9 Å². The van der Waals surface area contributed by atoms with Gasteiger partial charge in [-0.2, -0.15) is 13.2 Å². The van der Waals surface area contributed by atoms with E-state index in [1.807, 2.05) is 6.92 Å². The van der Waals surface area contributed by atoms with Crippen LogP contribution in [-0.2, 0) is 6.18 Å². The van der Waals surface area contributed by atoms with Gasteiger partial charge in [0.15, 0.2) is 17.4 Å². The first-order chi connectivity index (χ1) is 13.1. The molecule has 0 saturated carbocycles. The van der Waals surface area contributed by atoms with Crippen molar-refractivity contribution in [3.05, 3.63) is 46.0 Å². The molecule has 2 aromatic heterocycles. The van der Waals surface area contributed by atoms with Crippen LogP contribution in [-0.4, -0.2) is 21.1 Å². The van der Waals surface area contributed by atoms with E-state index < -0.39 is 34.8 Å². The summed E-state index contributed by atoms with van der Waals surface area (Å²) >= 11 is 3.18. The number of hydrogen-bond acceptors (Lipinski definition) is 3. The molecular formula is C18H15BrF5N3O. The monoisotopic (exact) mass is 463 g/mol. The minimum atomic E-state index is -5.03. The van der Waals surface area contributed by atoms with Crippen LogP contribution < -0.4 is 4.74 Å². The van der Waals surface area contributed by atoms with Crippen molar-refractivity contribution in [1.82, 2.24) is 14.5 Å². The van der Waals surface area contributed by atoms with Gasteiger partial charge in [0.1, 0.15) is 10.4 Å². The number of halogens is 6. The lowest BCUT2D eigenvalue weighted by atomic mass is 10.1. The van der Waals surface area contributed by atoms with Crippen LogP contribution in [0.1, 0.15) is 31.2 Å². The average molecular weight is 464 g/mol. The van der Waals surface area contributed by atoms with E-state index in [-0.39, 0.29) is 17.9 Å². The van der Waals surface area contributed by atoms with Gasteiger partial charge in [0.25, 0.3) is 0 Å². The first-order valence-corrected chi connectivity index (χ1v) is 9.17. The fourth-order valence-corrected chi connectivity index (χ4v) is 3.11. The highest BCUT2D eigenvalue weighted by molar-refractivity contribution is 9.10. The Morgan fingerprint density at radius 1 is 1.18 bits per heavy atom. The molecule has 3 rings (SSSR count). The Morgan fingerprint density at radius 3 is 2.54 bits per heavy atom. The molecule has 0 aliphatic heterocycles. The van der Waals surface area contributed by atoms with Gasteiger partial charge in [0.2, 0.25) is 0 Å². The molecule has 0 atom stereocenters. The number of fused-ring (bicyclic) bond motifs is 1. The second-order valence-corrected chi connectivity index (χ2v) is 6.90. The third-order valence-electron chi connectivity index (χ3n) is 4.11. The summed E-state index contributed by atoms with van der Waals surface area (Å²) in [6.07, 6.45) is -2.59. The van der Waals surface area contributed by atoms with Crippen LogP contribution in [0.2, 0.25) is 0 Å². The Balaban J connectivity index is 2.29. The second kappa shape index (κ2) is 7.65. The van der Waals surface area contributed by atoms with E-state index in [9.17, 15) is 17.6 Å². The predicted molar refractivity (Wildman–Crippen MR) is 96.6 cm³/mol. The molecule has 0 aliphatic carbocycles. The van der Waals surface area contributed by atoms with Crippen molar-refractivity contribution in [2.24, 2.45) is 0 Å². The maximum absolute atomic E-state index is 15.1. The molecule has 0 unspecified atom stereocenters. The van der Waals surface area contributed by atoms with E-state index in [0.717, 1.165) is 4.57 Å². The van der Waals surface area contributed by atoms with E-state index in [2.05, 4.69) is 25.9 Å². The number of alkyl halides is 3. The van der Waals surface area contributed by atoms with Crippen LogP contribution in [0, 0.1) is 18.6 Å². The third-order valence-corrected chi connectivity index (χ3v) is 4.54. The number of benzene rings is 1. The lowest BCUT2D eigenvalue weighted by Gasteiger charge is -2.17. The number of unbranched alkanes of at least 4 members (excludes halogenated alkanes) is 1. The summed E-state index contributed by atoms with van der Waals surface area (Å²) in [6.45, 7) is 3.21. The third kappa shape index (κ3) is 3.69. The van der Waals surface area contributed by atoms with Crippen LogP contribution >= 0.6 is 15.9 Å². The molecule has 0 bridgehead atoms. The molecule has 28 heavy (non-hydrogen) atoms. The number of rotatable bonds is 5. The molecule has 0 N–H and O–H groups in total. The molecule has 1 aromatic carbocycles. The maximum atomic E-state index is 15.1. The molecule has 0 fully saturated rings. The fraction of sp³-hybridized carbons (Fsp3) is 0.333. The number of nitrogens with zero attached hydrogens (tertiary/aromatic N) is 3. The lowest BCUT2D eigenvalue weighted by Crippen LogP contribution is -2.14. The largest absolute Gasteiger partial charge is 0.488 e. The lowest BCUT2D eigenvalue weighted by molar-refractivity contribution is -0.140. The Kier molecular flexibility index (Phi) is 5.60. The number of imidazole rings is 1. The molecule has 0 amide bonds. The normalized spacial score (nSPS) is 12.0. The van der Waals surface area contributed by atoms with Gasteiger partial charge in [-0.1, -0.05) is 13.3 Å². The van der Waals surface area contributed by atoms with Crippen molar-refractivity contribution < 1.29 is 26.7 Å². The zero-order valence-electron chi connectivity index (χ0n) is 14.9. The summed E-state index contributed by atoms with van der Waals surface area (Å²) in [5.74, 6) is -3.84. The molecule has 0 spiro atoms. The summed E-state index contributed by atoms with van der Waals surface area (Å²) in [5, 5.41) is 0.